The molecule has 0 fully saturated rings. The normalized spacial score (nSPS) is 9.75. The van der Waals surface area contributed by atoms with Gasteiger partial charge in [-0.1, -0.05) is 31.9 Å². The lowest BCUT2D eigenvalue weighted by molar-refractivity contribution is -0.119. The van der Waals surface area contributed by atoms with E-state index in [9.17, 15) is 4.79 Å². The Balaban J connectivity index is 0.00000361. The van der Waals surface area contributed by atoms with E-state index < -0.39 is 0 Å². The molecule has 0 saturated heterocycles. The van der Waals surface area contributed by atoms with Crippen molar-refractivity contribution in [3.8, 4) is 5.75 Å². The molecule has 20 heavy (non-hydrogen) atoms. The van der Waals surface area contributed by atoms with Gasteiger partial charge in [-0.05, 0) is 25.0 Å². The molecule has 1 aromatic carbocycles. The lowest BCUT2D eigenvalue weighted by Crippen LogP contribution is -2.29. The zero-order valence-electron chi connectivity index (χ0n) is 12.3. The molecule has 3 N–H and O–H groups in total. The van der Waals surface area contributed by atoms with Crippen molar-refractivity contribution in [1.82, 2.24) is 5.32 Å². The molecule has 0 unspecified atom stereocenters. The highest BCUT2D eigenvalue weighted by molar-refractivity contribution is 5.85. The molecule has 114 valence electrons. The largest absolute Gasteiger partial charge is 0.493 e. The van der Waals surface area contributed by atoms with Crippen molar-refractivity contribution in [2.45, 2.75) is 39.7 Å². The Morgan fingerprint density at radius 1 is 1.35 bits per heavy atom. The number of hydrogen-bond donors (Lipinski definition) is 2. The number of amides is 1. The van der Waals surface area contributed by atoms with Gasteiger partial charge in [0.2, 0.25) is 5.91 Å². The van der Waals surface area contributed by atoms with E-state index in [-0.39, 0.29) is 24.9 Å². The monoisotopic (exact) mass is 300 g/mol. The number of rotatable bonds is 8. The van der Waals surface area contributed by atoms with Gasteiger partial charge in [-0.2, -0.15) is 0 Å². The first kappa shape index (κ1) is 18.7. The molecule has 0 spiro atoms. The van der Waals surface area contributed by atoms with Crippen LogP contribution in [0.4, 0.5) is 0 Å². The molecule has 0 saturated carbocycles. The summed E-state index contributed by atoms with van der Waals surface area (Å²) in [6.45, 7) is 5.38. The van der Waals surface area contributed by atoms with Crippen molar-refractivity contribution < 1.29 is 9.53 Å². The number of carbonyl (C=O) groups excluding carboxylic acids is 1. The third kappa shape index (κ3) is 6.78. The zero-order valence-corrected chi connectivity index (χ0v) is 13.1. The molecule has 0 aromatic heterocycles. The highest BCUT2D eigenvalue weighted by Crippen LogP contribution is 2.20. The standard InChI is InChI=1S/C15H24N2O2.ClH/c1-3-4-5-8-19-14-9-12(2)6-7-13(14)11-17-15(18)10-16;/h6-7,9H,3-5,8,10-11,16H2,1-2H3,(H,17,18);1H. The first-order chi connectivity index (χ1) is 9.17. The lowest BCUT2D eigenvalue weighted by atomic mass is 10.1. The van der Waals surface area contributed by atoms with Crippen LogP contribution in [0.1, 0.15) is 37.3 Å². The molecule has 4 nitrogen and oxygen atoms in total. The number of halogens is 1. The number of carbonyl (C=O) groups is 1. The minimum atomic E-state index is -0.155. The van der Waals surface area contributed by atoms with Crippen molar-refractivity contribution in [2.75, 3.05) is 13.2 Å². The fourth-order valence-corrected chi connectivity index (χ4v) is 1.74. The van der Waals surface area contributed by atoms with Gasteiger partial charge < -0.3 is 15.8 Å². The molecule has 0 heterocycles. The predicted molar refractivity (Wildman–Crippen MR) is 84.3 cm³/mol. The number of ether oxygens (including phenoxy) is 1. The SMILES string of the molecule is CCCCCOc1cc(C)ccc1CNC(=O)CN.Cl. The number of nitrogens with one attached hydrogen (secondary N) is 1. The number of unbranched alkanes of at least 4 members (excludes halogenated alkanes) is 2. The molecule has 5 heteroatoms. The van der Waals surface area contributed by atoms with Gasteiger partial charge in [0.15, 0.2) is 0 Å². The van der Waals surface area contributed by atoms with Gasteiger partial charge >= 0.3 is 0 Å². The average molecular weight is 301 g/mol. The third-order valence-corrected chi connectivity index (χ3v) is 2.89. The first-order valence-electron chi connectivity index (χ1n) is 6.86. The second kappa shape index (κ2) is 10.5. The highest BCUT2D eigenvalue weighted by atomic mass is 35.5. The lowest BCUT2D eigenvalue weighted by Gasteiger charge is -2.13. The van der Waals surface area contributed by atoms with Crippen LogP contribution in [0, 0.1) is 6.92 Å². The molecule has 0 atom stereocenters. The number of aryl methyl sites for hydroxylation is 1. The van der Waals surface area contributed by atoms with Crippen molar-refractivity contribution in [2.24, 2.45) is 5.73 Å². The Kier molecular flexibility index (Phi) is 9.86. The van der Waals surface area contributed by atoms with Crippen molar-refractivity contribution in [3.05, 3.63) is 29.3 Å². The number of nitrogens with two attached hydrogens (primary N) is 1. The highest BCUT2D eigenvalue weighted by Gasteiger charge is 2.06. The number of benzene rings is 1. The van der Waals surface area contributed by atoms with Crippen LogP contribution in [0.25, 0.3) is 0 Å². The topological polar surface area (TPSA) is 64.3 Å². The molecular formula is C15H25ClN2O2. The molecule has 1 rings (SSSR count). The van der Waals surface area contributed by atoms with E-state index in [1.807, 2.05) is 25.1 Å². The fraction of sp³-hybridized carbons (Fsp3) is 0.533. The summed E-state index contributed by atoms with van der Waals surface area (Å²) < 4.78 is 5.80. The summed E-state index contributed by atoms with van der Waals surface area (Å²) in [6.07, 6.45) is 3.40. The minimum Gasteiger partial charge on any atom is -0.493 e. The molecule has 0 aliphatic rings. The summed E-state index contributed by atoms with van der Waals surface area (Å²) in [5.41, 5.74) is 7.41. The minimum absolute atomic E-state index is 0. The van der Waals surface area contributed by atoms with Gasteiger partial charge in [0, 0.05) is 12.1 Å². The fourth-order valence-electron chi connectivity index (χ4n) is 1.74. The van der Waals surface area contributed by atoms with E-state index in [0.29, 0.717) is 6.54 Å². The maximum atomic E-state index is 11.2. The summed E-state index contributed by atoms with van der Waals surface area (Å²) in [5.74, 6) is 0.700. The predicted octanol–water partition coefficient (Wildman–Crippen LogP) is 2.56. The molecule has 1 amide bonds. The van der Waals surface area contributed by atoms with Crippen molar-refractivity contribution in [1.29, 1.82) is 0 Å². The van der Waals surface area contributed by atoms with E-state index in [1.54, 1.807) is 0 Å². The van der Waals surface area contributed by atoms with Crippen LogP contribution < -0.4 is 15.8 Å². The van der Waals surface area contributed by atoms with E-state index in [4.69, 9.17) is 10.5 Å². The van der Waals surface area contributed by atoms with Gasteiger partial charge in [0.25, 0.3) is 0 Å². The average Bonchev–Trinajstić information content (AvgIpc) is 2.42. The Labute approximate surface area is 127 Å². The van der Waals surface area contributed by atoms with Gasteiger partial charge in [-0.3, -0.25) is 4.79 Å². The first-order valence-corrected chi connectivity index (χ1v) is 6.86. The van der Waals surface area contributed by atoms with Crippen molar-refractivity contribution >= 4 is 18.3 Å². The van der Waals surface area contributed by atoms with Gasteiger partial charge in [0.05, 0.1) is 13.2 Å². The van der Waals surface area contributed by atoms with Gasteiger partial charge in [-0.15, -0.1) is 12.4 Å². The molecule has 0 aliphatic carbocycles. The molecular weight excluding hydrogens is 276 g/mol. The summed E-state index contributed by atoms with van der Waals surface area (Å²) in [4.78, 5) is 11.2. The van der Waals surface area contributed by atoms with Crippen LogP contribution in [-0.4, -0.2) is 19.1 Å². The summed E-state index contributed by atoms with van der Waals surface area (Å²) >= 11 is 0. The Bertz CT molecular complexity index is 411. The van der Waals surface area contributed by atoms with Crippen LogP contribution in [0.15, 0.2) is 18.2 Å². The van der Waals surface area contributed by atoms with E-state index >= 15 is 0 Å². The molecule has 0 bridgehead atoms. The van der Waals surface area contributed by atoms with Gasteiger partial charge in [0.1, 0.15) is 5.75 Å². The second-order valence-corrected chi connectivity index (χ2v) is 4.65. The van der Waals surface area contributed by atoms with Crippen molar-refractivity contribution in [3.63, 3.8) is 0 Å². The third-order valence-electron chi connectivity index (χ3n) is 2.89. The van der Waals surface area contributed by atoms with E-state index in [2.05, 4.69) is 12.2 Å². The molecule has 0 radical (unpaired) electrons. The summed E-state index contributed by atoms with van der Waals surface area (Å²) in [5, 5.41) is 2.77. The zero-order chi connectivity index (χ0) is 14.1. The quantitative estimate of drug-likeness (QED) is 0.725. The Morgan fingerprint density at radius 3 is 2.75 bits per heavy atom. The smallest absolute Gasteiger partial charge is 0.234 e. The maximum absolute atomic E-state index is 11.2. The summed E-state index contributed by atoms with van der Waals surface area (Å²) in [6, 6.07) is 6.01. The maximum Gasteiger partial charge on any atom is 0.234 e. The van der Waals surface area contributed by atoms with Crippen LogP contribution in [0.3, 0.4) is 0 Å². The van der Waals surface area contributed by atoms with Crippen LogP contribution in [-0.2, 0) is 11.3 Å². The van der Waals surface area contributed by atoms with E-state index in [0.717, 1.165) is 29.9 Å². The molecule has 0 aliphatic heterocycles. The van der Waals surface area contributed by atoms with Crippen LogP contribution in [0.2, 0.25) is 0 Å². The van der Waals surface area contributed by atoms with Crippen LogP contribution in [0.5, 0.6) is 5.75 Å². The summed E-state index contributed by atoms with van der Waals surface area (Å²) in [7, 11) is 0. The second-order valence-electron chi connectivity index (χ2n) is 4.65. The van der Waals surface area contributed by atoms with Gasteiger partial charge in [-0.25, -0.2) is 0 Å². The van der Waals surface area contributed by atoms with Crippen LogP contribution >= 0.6 is 12.4 Å². The van der Waals surface area contributed by atoms with E-state index in [1.165, 1.54) is 12.8 Å². The number of hydrogen-bond acceptors (Lipinski definition) is 3. The Hall–Kier alpha value is -1.26. The molecule has 1 aromatic rings. The Morgan fingerprint density at radius 2 is 2.10 bits per heavy atom.